The number of rotatable bonds is 7. The second-order valence-electron chi connectivity index (χ2n) is 6.09. The Morgan fingerprint density at radius 3 is 2.50 bits per heavy atom. The summed E-state index contributed by atoms with van der Waals surface area (Å²) in [6.07, 6.45) is 1.71. The molecule has 0 radical (unpaired) electrons. The van der Waals surface area contributed by atoms with Gasteiger partial charge in [-0.3, -0.25) is 9.78 Å². The zero-order valence-electron chi connectivity index (χ0n) is 14.9. The summed E-state index contributed by atoms with van der Waals surface area (Å²) in [5.74, 6) is -1.73. The van der Waals surface area contributed by atoms with Crippen LogP contribution in [0.1, 0.15) is 30.8 Å². The second-order valence-corrected chi connectivity index (χ2v) is 6.09. The number of para-hydroxylation sites is 2. The summed E-state index contributed by atoms with van der Waals surface area (Å²) in [7, 11) is 1.25. The van der Waals surface area contributed by atoms with Gasteiger partial charge in [0.1, 0.15) is 6.04 Å². The first-order valence-electron chi connectivity index (χ1n) is 8.16. The Kier molecular flexibility index (Phi) is 6.60. The Morgan fingerprint density at radius 1 is 1.15 bits per heavy atom. The number of benzene rings is 1. The van der Waals surface area contributed by atoms with Gasteiger partial charge in [-0.15, -0.1) is 0 Å². The van der Waals surface area contributed by atoms with Gasteiger partial charge in [0, 0.05) is 0 Å². The summed E-state index contributed by atoms with van der Waals surface area (Å²) in [4.78, 5) is 44.0. The molecule has 1 amide bonds. The number of ether oxygens (including phenoxy) is 2. The molecule has 138 valence electrons. The van der Waals surface area contributed by atoms with E-state index in [-0.39, 0.29) is 11.6 Å². The first-order chi connectivity index (χ1) is 12.4. The molecule has 0 aliphatic rings. The monoisotopic (exact) mass is 359 g/mol. The third-order valence-electron chi connectivity index (χ3n) is 3.52. The number of hydrogen-bond acceptors (Lipinski definition) is 7. The molecule has 1 N–H and O–H groups in total. The Balaban J connectivity index is 1.94. The van der Waals surface area contributed by atoms with Crippen LogP contribution < -0.4 is 5.32 Å². The van der Waals surface area contributed by atoms with Crippen LogP contribution in [0.4, 0.5) is 0 Å². The van der Waals surface area contributed by atoms with Crippen LogP contribution >= 0.6 is 0 Å². The predicted octanol–water partition coefficient (Wildman–Crippen LogP) is 1.49. The minimum Gasteiger partial charge on any atom is -0.467 e. The molecule has 1 atom stereocenters. The summed E-state index contributed by atoms with van der Waals surface area (Å²) in [5, 5.41) is 2.51. The molecule has 0 saturated heterocycles. The molecule has 1 aromatic carbocycles. The summed E-state index contributed by atoms with van der Waals surface area (Å²) in [6.45, 7) is 3.31. The number of methoxy groups -OCH3 is 1. The topological polar surface area (TPSA) is 107 Å². The van der Waals surface area contributed by atoms with Crippen LogP contribution in [0.15, 0.2) is 30.5 Å². The molecule has 1 aromatic heterocycles. The van der Waals surface area contributed by atoms with E-state index in [9.17, 15) is 14.4 Å². The first kappa shape index (κ1) is 19.3. The van der Waals surface area contributed by atoms with E-state index in [1.807, 2.05) is 19.9 Å². The van der Waals surface area contributed by atoms with Crippen LogP contribution in [0.25, 0.3) is 11.0 Å². The highest BCUT2D eigenvalue weighted by molar-refractivity contribution is 5.92. The molecule has 8 nitrogen and oxygen atoms in total. The minimum absolute atomic E-state index is 0.00296. The van der Waals surface area contributed by atoms with Gasteiger partial charge in [-0.2, -0.15) is 0 Å². The van der Waals surface area contributed by atoms with Crippen molar-refractivity contribution < 1.29 is 23.9 Å². The van der Waals surface area contributed by atoms with E-state index in [0.29, 0.717) is 17.5 Å². The van der Waals surface area contributed by atoms with Crippen molar-refractivity contribution in [2.24, 2.45) is 5.92 Å². The Morgan fingerprint density at radius 2 is 1.85 bits per heavy atom. The number of aromatic nitrogens is 2. The van der Waals surface area contributed by atoms with E-state index in [1.165, 1.54) is 13.3 Å². The highest BCUT2D eigenvalue weighted by Gasteiger charge is 2.23. The van der Waals surface area contributed by atoms with E-state index in [4.69, 9.17) is 4.74 Å². The number of esters is 2. The van der Waals surface area contributed by atoms with Gasteiger partial charge >= 0.3 is 11.9 Å². The van der Waals surface area contributed by atoms with Gasteiger partial charge in [0.15, 0.2) is 12.3 Å². The molecule has 0 spiro atoms. The maximum Gasteiger partial charge on any atom is 0.359 e. The average molecular weight is 359 g/mol. The normalized spacial score (nSPS) is 11.8. The van der Waals surface area contributed by atoms with Gasteiger partial charge in [-0.1, -0.05) is 26.0 Å². The smallest absolute Gasteiger partial charge is 0.359 e. The Labute approximate surface area is 150 Å². The van der Waals surface area contributed by atoms with E-state index >= 15 is 0 Å². The number of nitrogens with one attached hydrogen (secondary N) is 1. The van der Waals surface area contributed by atoms with Crippen LogP contribution in [0.5, 0.6) is 0 Å². The van der Waals surface area contributed by atoms with Crippen LogP contribution in [-0.2, 0) is 19.1 Å². The van der Waals surface area contributed by atoms with E-state index in [1.54, 1.807) is 18.2 Å². The van der Waals surface area contributed by atoms with Crippen LogP contribution in [0.2, 0.25) is 0 Å². The zero-order chi connectivity index (χ0) is 19.1. The molecule has 1 unspecified atom stereocenters. The van der Waals surface area contributed by atoms with E-state index < -0.39 is 30.5 Å². The summed E-state index contributed by atoms with van der Waals surface area (Å²) in [6, 6.07) is 6.30. The second kappa shape index (κ2) is 8.89. The lowest BCUT2D eigenvalue weighted by molar-refractivity contribution is -0.145. The lowest BCUT2D eigenvalue weighted by atomic mass is 10.0. The number of carbonyl (C=O) groups is 3. The molecular formula is C18H21N3O5. The van der Waals surface area contributed by atoms with Crippen LogP contribution in [0.3, 0.4) is 0 Å². The third-order valence-corrected chi connectivity index (χ3v) is 3.52. The molecule has 0 aliphatic heterocycles. The van der Waals surface area contributed by atoms with Crippen molar-refractivity contribution in [2.75, 3.05) is 13.7 Å². The number of amides is 1. The van der Waals surface area contributed by atoms with Crippen molar-refractivity contribution in [1.29, 1.82) is 0 Å². The van der Waals surface area contributed by atoms with Gasteiger partial charge in [0.2, 0.25) is 0 Å². The summed E-state index contributed by atoms with van der Waals surface area (Å²) in [5.41, 5.74) is 1.20. The molecule has 26 heavy (non-hydrogen) atoms. The molecule has 0 saturated carbocycles. The van der Waals surface area contributed by atoms with Gasteiger partial charge in [-0.25, -0.2) is 14.6 Å². The molecule has 2 aromatic rings. The molecule has 0 aliphatic carbocycles. The van der Waals surface area contributed by atoms with E-state index in [0.717, 1.165) is 0 Å². The van der Waals surface area contributed by atoms with Crippen molar-refractivity contribution in [3.05, 3.63) is 36.2 Å². The summed E-state index contributed by atoms with van der Waals surface area (Å²) < 4.78 is 9.62. The maximum absolute atomic E-state index is 12.1. The molecule has 1 heterocycles. The number of fused-ring (bicyclic) bond motifs is 1. The number of hydrogen-bond donors (Lipinski definition) is 1. The van der Waals surface area contributed by atoms with Crippen LogP contribution in [0, 0.1) is 5.92 Å². The molecule has 0 bridgehead atoms. The highest BCUT2D eigenvalue weighted by Crippen LogP contribution is 2.09. The van der Waals surface area contributed by atoms with Crippen LogP contribution in [-0.4, -0.2) is 47.6 Å². The largest absolute Gasteiger partial charge is 0.467 e. The fourth-order valence-electron chi connectivity index (χ4n) is 2.32. The van der Waals surface area contributed by atoms with Crippen molar-refractivity contribution in [2.45, 2.75) is 26.3 Å². The third kappa shape index (κ3) is 5.23. The van der Waals surface area contributed by atoms with Crippen molar-refractivity contribution in [3.8, 4) is 0 Å². The predicted molar refractivity (Wildman–Crippen MR) is 93.2 cm³/mol. The van der Waals surface area contributed by atoms with Crippen molar-refractivity contribution in [1.82, 2.24) is 15.3 Å². The van der Waals surface area contributed by atoms with E-state index in [2.05, 4.69) is 20.0 Å². The summed E-state index contributed by atoms with van der Waals surface area (Å²) >= 11 is 0. The lowest BCUT2D eigenvalue weighted by Crippen LogP contribution is -2.44. The number of carbonyl (C=O) groups excluding carboxylic acids is 3. The first-order valence-corrected chi connectivity index (χ1v) is 8.16. The van der Waals surface area contributed by atoms with Crippen molar-refractivity contribution in [3.63, 3.8) is 0 Å². The van der Waals surface area contributed by atoms with Gasteiger partial charge in [-0.05, 0) is 24.5 Å². The Bertz CT molecular complexity index is 806. The van der Waals surface area contributed by atoms with Gasteiger partial charge < -0.3 is 14.8 Å². The molecular weight excluding hydrogens is 338 g/mol. The Hall–Kier alpha value is -3.03. The molecule has 8 heteroatoms. The number of nitrogens with zero attached hydrogens (tertiary/aromatic N) is 2. The fourth-order valence-corrected chi connectivity index (χ4v) is 2.32. The zero-order valence-corrected chi connectivity index (χ0v) is 14.9. The standard InChI is InChI=1S/C18H21N3O5/c1-11(2)8-14(17(23)25-3)21-16(22)10-26-18(24)15-9-19-12-6-4-5-7-13(12)20-15/h4-7,9,11,14H,8,10H2,1-3H3,(H,21,22). The maximum atomic E-state index is 12.1. The van der Waals surface area contributed by atoms with Gasteiger partial charge in [0.25, 0.3) is 5.91 Å². The molecule has 0 fully saturated rings. The molecule has 2 rings (SSSR count). The fraction of sp³-hybridized carbons (Fsp3) is 0.389. The lowest BCUT2D eigenvalue weighted by Gasteiger charge is -2.18. The van der Waals surface area contributed by atoms with Gasteiger partial charge in [0.05, 0.1) is 24.3 Å². The highest BCUT2D eigenvalue weighted by atomic mass is 16.5. The minimum atomic E-state index is -0.785. The quantitative estimate of drug-likeness (QED) is 0.746. The van der Waals surface area contributed by atoms with Crippen molar-refractivity contribution >= 4 is 28.9 Å². The average Bonchev–Trinajstić information content (AvgIpc) is 2.64. The SMILES string of the molecule is COC(=O)C(CC(C)C)NC(=O)COC(=O)c1cnc2ccccc2n1.